The molecule has 0 saturated carbocycles. The lowest BCUT2D eigenvalue weighted by Crippen LogP contribution is -2.49. The van der Waals surface area contributed by atoms with E-state index < -0.39 is 6.04 Å². The smallest absolute Gasteiger partial charge is 0.253 e. The van der Waals surface area contributed by atoms with E-state index in [4.69, 9.17) is 9.47 Å². The van der Waals surface area contributed by atoms with Crippen LogP contribution in [-0.2, 0) is 12.1 Å². The Balaban J connectivity index is 1.54. The second kappa shape index (κ2) is 10.5. The molecule has 0 spiro atoms. The van der Waals surface area contributed by atoms with Crippen molar-refractivity contribution in [2.75, 3.05) is 40.4 Å². The highest BCUT2D eigenvalue weighted by Crippen LogP contribution is 2.34. The van der Waals surface area contributed by atoms with Gasteiger partial charge < -0.3 is 14.5 Å². The Morgan fingerprint density at radius 2 is 1.68 bits per heavy atom. The number of aromatic nitrogens is 6. The number of nitrogens with one attached hydrogen (secondary N) is 1. The van der Waals surface area contributed by atoms with Gasteiger partial charge in [-0.25, -0.2) is 4.68 Å². The van der Waals surface area contributed by atoms with E-state index in [1.54, 1.807) is 20.3 Å². The maximum absolute atomic E-state index is 13.6. The molecule has 38 heavy (non-hydrogen) atoms. The molecule has 4 heterocycles. The van der Waals surface area contributed by atoms with E-state index in [1.165, 1.54) is 5.56 Å². The molecule has 0 amide bonds. The first-order chi connectivity index (χ1) is 18.3. The second-order valence-corrected chi connectivity index (χ2v) is 10.5. The summed E-state index contributed by atoms with van der Waals surface area (Å²) in [4.78, 5) is 25.5. The molecule has 1 atom stereocenters. The van der Waals surface area contributed by atoms with Crippen LogP contribution in [0.3, 0.4) is 0 Å². The molecule has 1 aromatic carbocycles. The lowest BCUT2D eigenvalue weighted by Gasteiger charge is -2.39. The molecule has 0 aliphatic carbocycles. The van der Waals surface area contributed by atoms with Gasteiger partial charge in [0.1, 0.15) is 6.04 Å². The van der Waals surface area contributed by atoms with E-state index in [1.807, 2.05) is 41.3 Å². The Morgan fingerprint density at radius 3 is 2.34 bits per heavy atom. The van der Waals surface area contributed by atoms with Crippen molar-refractivity contribution in [3.05, 3.63) is 70.0 Å². The van der Waals surface area contributed by atoms with Gasteiger partial charge in [-0.2, -0.15) is 0 Å². The maximum atomic E-state index is 13.6. The molecule has 0 radical (unpaired) electrons. The van der Waals surface area contributed by atoms with Gasteiger partial charge in [0.25, 0.3) is 5.56 Å². The third-order valence-corrected chi connectivity index (χ3v) is 6.97. The number of hydrogen-bond donors (Lipinski definition) is 1. The molecule has 5 rings (SSSR count). The number of nitrogens with zero attached hydrogens (tertiary/aromatic N) is 7. The van der Waals surface area contributed by atoms with Crippen LogP contribution >= 0.6 is 0 Å². The summed E-state index contributed by atoms with van der Waals surface area (Å²) in [5.41, 5.74) is 1.95. The fourth-order valence-electron chi connectivity index (χ4n) is 5.02. The number of piperazine rings is 1. The fraction of sp³-hybridized carbons (Fsp3) is 0.444. The second-order valence-electron chi connectivity index (χ2n) is 10.5. The minimum atomic E-state index is -0.423. The number of benzene rings is 1. The first-order valence-corrected chi connectivity index (χ1v) is 12.7. The monoisotopic (exact) mass is 518 g/mol. The van der Waals surface area contributed by atoms with Gasteiger partial charge in [-0.05, 0) is 61.0 Å². The summed E-state index contributed by atoms with van der Waals surface area (Å²) in [6.45, 7) is 10.2. The van der Waals surface area contributed by atoms with E-state index in [0.717, 1.165) is 38.1 Å². The molecule has 1 fully saturated rings. The van der Waals surface area contributed by atoms with Crippen molar-refractivity contribution >= 4 is 10.9 Å². The molecule has 4 aromatic rings. The normalized spacial score (nSPS) is 16.0. The predicted molar refractivity (Wildman–Crippen MR) is 143 cm³/mol. The zero-order chi connectivity index (χ0) is 26.9. The summed E-state index contributed by atoms with van der Waals surface area (Å²) >= 11 is 0. The Hall–Kier alpha value is -3.83. The van der Waals surface area contributed by atoms with Crippen LogP contribution in [0.15, 0.2) is 47.5 Å². The van der Waals surface area contributed by atoms with Crippen LogP contribution in [0.25, 0.3) is 10.9 Å². The minimum absolute atomic E-state index is 0.183. The van der Waals surface area contributed by atoms with Crippen LogP contribution in [0.2, 0.25) is 0 Å². The largest absolute Gasteiger partial charge is 0.493 e. The molecule has 200 valence electrons. The van der Waals surface area contributed by atoms with Crippen LogP contribution in [0.4, 0.5) is 0 Å². The number of aromatic amines is 1. The van der Waals surface area contributed by atoms with Crippen molar-refractivity contribution in [1.29, 1.82) is 0 Å². The molecule has 11 heteroatoms. The number of methoxy groups -OCH3 is 2. The molecule has 0 bridgehead atoms. The zero-order valence-corrected chi connectivity index (χ0v) is 22.5. The molecule has 0 unspecified atom stereocenters. The number of H-pyrrole nitrogens is 1. The Labute approximate surface area is 221 Å². The molecule has 1 saturated heterocycles. The summed E-state index contributed by atoms with van der Waals surface area (Å²) in [5.74, 6) is 1.80. The molecular formula is C27H34N8O3. The van der Waals surface area contributed by atoms with E-state index in [0.29, 0.717) is 28.4 Å². The van der Waals surface area contributed by atoms with Gasteiger partial charge in [0.2, 0.25) is 0 Å². The molecule has 1 aliphatic rings. The van der Waals surface area contributed by atoms with Crippen molar-refractivity contribution in [2.45, 2.75) is 38.9 Å². The molecule has 1 N–H and O–H groups in total. The lowest BCUT2D eigenvalue weighted by atomic mass is 10.0. The quantitative estimate of drug-likeness (QED) is 0.394. The third kappa shape index (κ3) is 5.11. The topological polar surface area (TPSA) is 114 Å². The standard InChI is InChI=1S/C27H34N8O3/c1-27(2,3)35-25(30-31-32-35)24(34-12-10-33(11-13-34)17-18-6-8-28-9-7-18)20-14-19-15-22(37-4)23(38-5)16-21(19)29-26(20)36/h6-9,14-16,24H,10-13,17H2,1-5H3,(H,29,36)/t24-/m0/s1. The molecular weight excluding hydrogens is 484 g/mol. The number of pyridine rings is 2. The van der Waals surface area contributed by atoms with E-state index in [2.05, 4.69) is 56.1 Å². The van der Waals surface area contributed by atoms with E-state index in [9.17, 15) is 4.79 Å². The average molecular weight is 519 g/mol. The summed E-state index contributed by atoms with van der Waals surface area (Å²) in [5, 5.41) is 13.6. The number of tetrazole rings is 1. The first-order valence-electron chi connectivity index (χ1n) is 12.7. The average Bonchev–Trinajstić information content (AvgIpc) is 3.40. The molecule has 11 nitrogen and oxygen atoms in total. The highest BCUT2D eigenvalue weighted by Gasteiger charge is 2.35. The van der Waals surface area contributed by atoms with E-state index >= 15 is 0 Å². The van der Waals surface area contributed by atoms with Crippen LogP contribution in [0, 0.1) is 0 Å². The zero-order valence-electron chi connectivity index (χ0n) is 22.5. The van der Waals surface area contributed by atoms with Crippen molar-refractivity contribution in [2.24, 2.45) is 0 Å². The highest BCUT2D eigenvalue weighted by molar-refractivity contribution is 5.83. The summed E-state index contributed by atoms with van der Waals surface area (Å²) < 4.78 is 12.8. The van der Waals surface area contributed by atoms with Gasteiger partial charge in [0, 0.05) is 62.1 Å². The maximum Gasteiger partial charge on any atom is 0.253 e. The van der Waals surface area contributed by atoms with Crippen molar-refractivity contribution in [1.82, 2.24) is 40.0 Å². The fourth-order valence-corrected chi connectivity index (χ4v) is 5.02. The highest BCUT2D eigenvalue weighted by atomic mass is 16.5. The van der Waals surface area contributed by atoms with Crippen LogP contribution in [0.1, 0.15) is 43.8 Å². The molecule has 1 aliphatic heterocycles. The van der Waals surface area contributed by atoms with Crippen molar-refractivity contribution < 1.29 is 9.47 Å². The van der Waals surface area contributed by atoms with Crippen molar-refractivity contribution in [3.63, 3.8) is 0 Å². The minimum Gasteiger partial charge on any atom is -0.493 e. The van der Waals surface area contributed by atoms with Gasteiger partial charge in [0.05, 0.1) is 25.3 Å². The summed E-state index contributed by atoms with van der Waals surface area (Å²) in [6.07, 6.45) is 3.65. The lowest BCUT2D eigenvalue weighted by molar-refractivity contribution is 0.0975. The number of rotatable bonds is 7. The number of ether oxygens (including phenoxy) is 2. The Morgan fingerprint density at radius 1 is 1.00 bits per heavy atom. The van der Waals surface area contributed by atoms with Crippen molar-refractivity contribution in [3.8, 4) is 11.5 Å². The van der Waals surface area contributed by atoms with Gasteiger partial charge in [-0.15, -0.1) is 5.10 Å². The predicted octanol–water partition coefficient (Wildman–Crippen LogP) is 2.59. The van der Waals surface area contributed by atoms with Gasteiger partial charge in [-0.3, -0.25) is 19.6 Å². The number of hydrogen-bond acceptors (Lipinski definition) is 9. The first kappa shape index (κ1) is 25.8. The molecule has 3 aromatic heterocycles. The Bertz CT molecular complexity index is 1450. The van der Waals surface area contributed by atoms with E-state index in [-0.39, 0.29) is 11.1 Å². The van der Waals surface area contributed by atoms with Crippen LogP contribution in [-0.4, -0.2) is 80.4 Å². The van der Waals surface area contributed by atoms with Gasteiger partial charge >= 0.3 is 0 Å². The van der Waals surface area contributed by atoms with Gasteiger partial charge in [-0.1, -0.05) is 0 Å². The van der Waals surface area contributed by atoms with Crippen LogP contribution < -0.4 is 15.0 Å². The third-order valence-electron chi connectivity index (χ3n) is 6.97. The van der Waals surface area contributed by atoms with Crippen LogP contribution in [0.5, 0.6) is 11.5 Å². The number of fused-ring (bicyclic) bond motifs is 1. The Kier molecular flexibility index (Phi) is 7.13. The SMILES string of the molecule is COc1cc2cc([C@@H](c3nnnn3C(C)(C)C)N3CCN(Cc4ccncc4)CC3)c(=O)[nH]c2cc1OC. The summed E-state index contributed by atoms with van der Waals surface area (Å²) in [7, 11) is 3.18. The summed E-state index contributed by atoms with van der Waals surface area (Å²) in [6, 6.07) is 9.25. The van der Waals surface area contributed by atoms with Gasteiger partial charge in [0.15, 0.2) is 17.3 Å².